The van der Waals surface area contributed by atoms with Crippen molar-refractivity contribution in [3.63, 3.8) is 0 Å². The van der Waals surface area contributed by atoms with E-state index in [-0.39, 0.29) is 0 Å². The van der Waals surface area contributed by atoms with Crippen molar-refractivity contribution in [3.8, 4) is 6.07 Å². The maximum atomic E-state index is 11.9. The second-order valence-electron chi connectivity index (χ2n) is 1.99. The van der Waals surface area contributed by atoms with Gasteiger partial charge in [0, 0.05) is 0 Å². The van der Waals surface area contributed by atoms with Crippen LogP contribution in [-0.4, -0.2) is 23.2 Å². The Morgan fingerprint density at radius 2 is 2.00 bits per heavy atom. The van der Waals surface area contributed by atoms with Crippen molar-refractivity contribution in [1.29, 1.82) is 5.26 Å². The molecule has 0 aliphatic heterocycles. The minimum Gasteiger partial charge on any atom is -0.503 e. The average molecular weight is 292 g/mol. The van der Waals surface area contributed by atoms with Crippen molar-refractivity contribution in [1.82, 2.24) is 0 Å². The van der Waals surface area contributed by atoms with E-state index in [9.17, 15) is 18.0 Å². The first-order chi connectivity index (χ1) is 7.84. The summed E-state index contributed by atoms with van der Waals surface area (Å²) in [6, 6.07) is 0.900. The van der Waals surface area contributed by atoms with E-state index in [2.05, 4.69) is 4.74 Å². The van der Waals surface area contributed by atoms with Crippen LogP contribution in [0.3, 0.4) is 0 Å². The zero-order chi connectivity index (χ0) is 14.1. The zero-order valence-electron chi connectivity index (χ0n) is 8.84. The van der Waals surface area contributed by atoms with Gasteiger partial charge >= 0.3 is 12.1 Å². The number of carbonyl (C=O) groups excluding carboxylic acids is 1. The Morgan fingerprint density at radius 1 is 1.53 bits per heavy atom. The molecule has 4 nitrogen and oxygen atoms in total. The molecule has 0 aliphatic rings. The summed E-state index contributed by atoms with van der Waals surface area (Å²) in [5.41, 5.74) is -1.51. The topological polar surface area (TPSA) is 70.3 Å². The number of nitriles is 1. The van der Waals surface area contributed by atoms with Gasteiger partial charge in [0.15, 0.2) is 11.5 Å². The first-order valence-electron chi connectivity index (χ1n) is 4.15. The molecule has 0 aliphatic carbocycles. The molecule has 0 rings (SSSR count). The predicted octanol–water partition coefficient (Wildman–Crippen LogP) is 3.30. The molecule has 0 aromatic carbocycles. The fourth-order valence-corrected chi connectivity index (χ4v) is 0.770. The minimum absolute atomic E-state index is 0.434. The van der Waals surface area contributed by atoms with Crippen molar-refractivity contribution in [2.75, 3.05) is 5.94 Å². The molecular formula is C8H9ClF3NO3S. The summed E-state index contributed by atoms with van der Waals surface area (Å²) in [5, 5.41) is 16.7. The van der Waals surface area contributed by atoms with Gasteiger partial charge in [-0.05, 0) is 21.7 Å². The SMILES string of the molecule is CC.N#C/C(C(=O)OCSCl)=C(/O)C(F)(F)F. The van der Waals surface area contributed by atoms with Crippen molar-refractivity contribution in [2.45, 2.75) is 20.0 Å². The molecule has 0 saturated heterocycles. The highest BCUT2D eigenvalue weighted by Crippen LogP contribution is 2.26. The molecule has 0 aromatic rings. The number of ether oxygens (including phenoxy) is 1. The first kappa shape index (κ1) is 18.3. The van der Waals surface area contributed by atoms with Crippen LogP contribution < -0.4 is 0 Å². The molecule has 0 fully saturated rings. The van der Waals surface area contributed by atoms with Gasteiger partial charge < -0.3 is 9.84 Å². The first-order valence-corrected chi connectivity index (χ1v) is 5.97. The van der Waals surface area contributed by atoms with Gasteiger partial charge in [0.1, 0.15) is 6.07 Å². The van der Waals surface area contributed by atoms with Crippen LogP contribution >= 0.6 is 21.7 Å². The number of allylic oxidation sites excluding steroid dienone is 1. The molecule has 0 heterocycles. The summed E-state index contributed by atoms with van der Waals surface area (Å²) in [5.74, 6) is -4.30. The number of hydrogen-bond donors (Lipinski definition) is 1. The van der Waals surface area contributed by atoms with Gasteiger partial charge in [0.2, 0.25) is 5.76 Å². The van der Waals surface area contributed by atoms with Crippen LogP contribution in [0.5, 0.6) is 0 Å². The number of rotatable bonds is 3. The smallest absolute Gasteiger partial charge is 0.450 e. The fourth-order valence-electron chi connectivity index (χ4n) is 0.485. The lowest BCUT2D eigenvalue weighted by atomic mass is 10.2. The quantitative estimate of drug-likeness (QED) is 0.284. The Hall–Kier alpha value is -1.07. The van der Waals surface area contributed by atoms with Crippen molar-refractivity contribution in [2.24, 2.45) is 0 Å². The lowest BCUT2D eigenvalue weighted by Crippen LogP contribution is -2.18. The molecular weight excluding hydrogens is 283 g/mol. The molecule has 9 heteroatoms. The number of esters is 1. The number of aliphatic hydroxyl groups excluding tert-OH is 1. The maximum Gasteiger partial charge on any atom is 0.450 e. The Kier molecular flexibility index (Phi) is 9.70. The van der Waals surface area contributed by atoms with Crippen molar-refractivity contribution in [3.05, 3.63) is 11.3 Å². The third-order valence-corrected chi connectivity index (χ3v) is 1.53. The van der Waals surface area contributed by atoms with Gasteiger partial charge in [-0.3, -0.25) is 0 Å². The molecule has 0 aromatic heterocycles. The van der Waals surface area contributed by atoms with E-state index >= 15 is 0 Å². The second-order valence-corrected chi connectivity index (χ2v) is 3.10. The highest BCUT2D eigenvalue weighted by Gasteiger charge is 2.39. The van der Waals surface area contributed by atoms with Gasteiger partial charge in [-0.1, -0.05) is 13.8 Å². The van der Waals surface area contributed by atoms with Gasteiger partial charge in [-0.2, -0.15) is 18.4 Å². The molecule has 0 amide bonds. The summed E-state index contributed by atoms with van der Waals surface area (Å²) < 4.78 is 39.7. The highest BCUT2D eigenvalue weighted by atomic mass is 35.7. The third-order valence-electron chi connectivity index (χ3n) is 1.06. The normalized spacial score (nSPS) is 11.6. The Morgan fingerprint density at radius 3 is 2.29 bits per heavy atom. The van der Waals surface area contributed by atoms with E-state index in [4.69, 9.17) is 21.1 Å². The molecule has 98 valence electrons. The van der Waals surface area contributed by atoms with Crippen molar-refractivity contribution >= 4 is 27.6 Å². The summed E-state index contributed by atoms with van der Waals surface area (Å²) in [6.07, 6.45) is -5.17. The van der Waals surface area contributed by atoms with Crippen LogP contribution in [0.25, 0.3) is 0 Å². The predicted molar refractivity (Wildman–Crippen MR) is 57.1 cm³/mol. The molecule has 0 radical (unpaired) electrons. The highest BCUT2D eigenvalue weighted by molar-refractivity contribution is 8.20. The van der Waals surface area contributed by atoms with Crippen LogP contribution in [-0.2, 0) is 9.53 Å². The van der Waals surface area contributed by atoms with Crippen LogP contribution in [0.2, 0.25) is 0 Å². The zero-order valence-corrected chi connectivity index (χ0v) is 10.4. The number of halogens is 4. The van der Waals surface area contributed by atoms with Crippen LogP contribution in [0.1, 0.15) is 13.8 Å². The van der Waals surface area contributed by atoms with E-state index in [0.717, 1.165) is 6.07 Å². The monoisotopic (exact) mass is 291 g/mol. The summed E-state index contributed by atoms with van der Waals surface area (Å²) in [6.45, 7) is 4.00. The van der Waals surface area contributed by atoms with E-state index in [1.165, 1.54) is 0 Å². The summed E-state index contributed by atoms with van der Waals surface area (Å²) >= 11 is 0. The summed E-state index contributed by atoms with van der Waals surface area (Å²) in [4.78, 5) is 10.8. The van der Waals surface area contributed by atoms with Crippen LogP contribution in [0.15, 0.2) is 11.3 Å². The summed E-state index contributed by atoms with van der Waals surface area (Å²) in [7, 11) is 5.53. The number of hydrogen-bond acceptors (Lipinski definition) is 5. The Labute approximate surface area is 104 Å². The number of nitrogens with zero attached hydrogens (tertiary/aromatic N) is 1. The lowest BCUT2D eigenvalue weighted by molar-refractivity contribution is -0.140. The van der Waals surface area contributed by atoms with E-state index in [0.29, 0.717) is 11.0 Å². The van der Waals surface area contributed by atoms with Gasteiger partial charge in [0.25, 0.3) is 0 Å². The van der Waals surface area contributed by atoms with Gasteiger partial charge in [-0.25, -0.2) is 4.79 Å². The maximum absolute atomic E-state index is 11.9. The fraction of sp³-hybridized carbons (Fsp3) is 0.500. The third kappa shape index (κ3) is 6.97. The van der Waals surface area contributed by atoms with Crippen LogP contribution in [0, 0.1) is 11.3 Å². The number of carbonyl (C=O) groups is 1. The largest absolute Gasteiger partial charge is 0.503 e. The van der Waals surface area contributed by atoms with Crippen LogP contribution in [0.4, 0.5) is 13.2 Å². The molecule has 1 N–H and O–H groups in total. The van der Waals surface area contributed by atoms with E-state index in [1.54, 1.807) is 0 Å². The van der Waals surface area contributed by atoms with Gasteiger partial charge in [0.05, 0.1) is 0 Å². The number of alkyl halides is 3. The average Bonchev–Trinajstić information content (AvgIpc) is 2.28. The molecule has 0 bridgehead atoms. The molecule has 0 unspecified atom stereocenters. The van der Waals surface area contributed by atoms with E-state index in [1.807, 2.05) is 13.8 Å². The molecule has 0 spiro atoms. The molecule has 0 saturated carbocycles. The number of aliphatic hydroxyl groups is 1. The van der Waals surface area contributed by atoms with Gasteiger partial charge in [-0.15, -0.1) is 0 Å². The standard InChI is InChI=1S/C6H3ClF3NO3S.C2H6/c7-15-2-14-5(13)3(1-11)4(12)6(8,9)10;1-2/h12H,2H2;1-2H3/b4-3-;. The lowest BCUT2D eigenvalue weighted by Gasteiger charge is -2.06. The minimum atomic E-state index is -5.17. The second kappa shape index (κ2) is 9.01. The van der Waals surface area contributed by atoms with Crippen molar-refractivity contribution < 1.29 is 27.8 Å². The Balaban J connectivity index is 0. The Bertz CT molecular complexity index is 325. The molecule has 17 heavy (non-hydrogen) atoms. The van der Waals surface area contributed by atoms with E-state index < -0.39 is 29.4 Å². The molecule has 0 atom stereocenters.